The number of hydrogen-bond acceptors (Lipinski definition) is 3. The molecule has 0 bridgehead atoms. The Morgan fingerprint density at radius 2 is 1.91 bits per heavy atom. The first-order chi connectivity index (χ1) is 11.2. The van der Waals surface area contributed by atoms with Crippen molar-refractivity contribution in [1.29, 1.82) is 0 Å². The van der Waals surface area contributed by atoms with Gasteiger partial charge >= 0.3 is 0 Å². The van der Waals surface area contributed by atoms with Crippen LogP contribution in [0.3, 0.4) is 0 Å². The van der Waals surface area contributed by atoms with Gasteiger partial charge in [0, 0.05) is 11.5 Å². The number of carbonyl (C=O) groups is 1. The van der Waals surface area contributed by atoms with E-state index in [1.54, 1.807) is 19.4 Å². The maximum absolute atomic E-state index is 12.0. The van der Waals surface area contributed by atoms with Gasteiger partial charge in [-0.15, -0.1) is 0 Å². The summed E-state index contributed by atoms with van der Waals surface area (Å²) in [7, 11) is 1.62. The quantitative estimate of drug-likeness (QED) is 0.744. The van der Waals surface area contributed by atoms with Crippen LogP contribution in [0.5, 0.6) is 5.75 Å². The van der Waals surface area contributed by atoms with Crippen molar-refractivity contribution in [3.63, 3.8) is 0 Å². The SMILES string of the molecule is COc1ccc(/C=C/C(=O)Nc2cnc3ccccc3c2)cc1. The minimum atomic E-state index is -0.196. The summed E-state index contributed by atoms with van der Waals surface area (Å²) in [6, 6.07) is 17.2. The number of para-hydroxylation sites is 1. The molecule has 0 radical (unpaired) electrons. The summed E-state index contributed by atoms with van der Waals surface area (Å²) in [5.74, 6) is 0.590. The molecule has 0 aliphatic rings. The van der Waals surface area contributed by atoms with Crippen LogP contribution in [-0.4, -0.2) is 18.0 Å². The first kappa shape index (κ1) is 14.8. The number of rotatable bonds is 4. The van der Waals surface area contributed by atoms with E-state index in [9.17, 15) is 4.79 Å². The van der Waals surface area contributed by atoms with E-state index in [0.717, 1.165) is 22.2 Å². The fraction of sp³-hybridized carbons (Fsp3) is 0.0526. The van der Waals surface area contributed by atoms with Gasteiger partial charge < -0.3 is 10.1 Å². The third kappa shape index (κ3) is 3.74. The first-order valence-electron chi connectivity index (χ1n) is 7.22. The lowest BCUT2D eigenvalue weighted by Gasteiger charge is -2.03. The molecule has 1 amide bonds. The third-order valence-electron chi connectivity index (χ3n) is 3.40. The van der Waals surface area contributed by atoms with Gasteiger partial charge in [0.2, 0.25) is 5.91 Å². The molecule has 3 aromatic rings. The maximum Gasteiger partial charge on any atom is 0.248 e. The lowest BCUT2D eigenvalue weighted by Crippen LogP contribution is -2.07. The highest BCUT2D eigenvalue weighted by atomic mass is 16.5. The van der Waals surface area contributed by atoms with Gasteiger partial charge in [-0.1, -0.05) is 30.3 Å². The summed E-state index contributed by atoms with van der Waals surface area (Å²) < 4.78 is 5.10. The second-order valence-corrected chi connectivity index (χ2v) is 5.01. The number of amides is 1. The van der Waals surface area contributed by atoms with Crippen LogP contribution in [0, 0.1) is 0 Å². The molecule has 3 rings (SSSR count). The van der Waals surface area contributed by atoms with Crippen LogP contribution >= 0.6 is 0 Å². The van der Waals surface area contributed by atoms with Gasteiger partial charge in [-0.2, -0.15) is 0 Å². The number of pyridine rings is 1. The molecular formula is C19H16N2O2. The summed E-state index contributed by atoms with van der Waals surface area (Å²) >= 11 is 0. The fourth-order valence-electron chi connectivity index (χ4n) is 2.21. The molecule has 114 valence electrons. The molecule has 1 heterocycles. The highest BCUT2D eigenvalue weighted by molar-refractivity contribution is 6.02. The first-order valence-corrected chi connectivity index (χ1v) is 7.22. The summed E-state index contributed by atoms with van der Waals surface area (Å²) in [5, 5.41) is 3.80. The van der Waals surface area contributed by atoms with Gasteiger partial charge in [-0.05, 0) is 35.9 Å². The van der Waals surface area contributed by atoms with Crippen LogP contribution in [0.1, 0.15) is 5.56 Å². The Bertz CT molecular complexity index is 855. The molecule has 0 spiro atoms. The van der Waals surface area contributed by atoms with Crippen molar-refractivity contribution in [2.75, 3.05) is 12.4 Å². The number of methoxy groups -OCH3 is 1. The van der Waals surface area contributed by atoms with E-state index in [-0.39, 0.29) is 5.91 Å². The van der Waals surface area contributed by atoms with E-state index in [2.05, 4.69) is 10.3 Å². The van der Waals surface area contributed by atoms with E-state index in [0.29, 0.717) is 5.69 Å². The van der Waals surface area contributed by atoms with Gasteiger partial charge in [0.05, 0.1) is 24.5 Å². The van der Waals surface area contributed by atoms with E-state index >= 15 is 0 Å². The molecule has 0 saturated heterocycles. The van der Waals surface area contributed by atoms with Crippen molar-refractivity contribution >= 4 is 28.6 Å². The molecule has 1 N–H and O–H groups in total. The zero-order valence-electron chi connectivity index (χ0n) is 12.7. The molecule has 23 heavy (non-hydrogen) atoms. The molecule has 1 aromatic heterocycles. The van der Waals surface area contributed by atoms with Crippen molar-refractivity contribution in [2.45, 2.75) is 0 Å². The van der Waals surface area contributed by atoms with Gasteiger partial charge in [0.15, 0.2) is 0 Å². The third-order valence-corrected chi connectivity index (χ3v) is 3.40. The van der Waals surface area contributed by atoms with Crippen LogP contribution in [0.2, 0.25) is 0 Å². The van der Waals surface area contributed by atoms with Crippen molar-refractivity contribution in [2.24, 2.45) is 0 Å². The molecule has 0 aliphatic carbocycles. The number of ether oxygens (including phenoxy) is 1. The normalized spacial score (nSPS) is 10.8. The lowest BCUT2D eigenvalue weighted by atomic mass is 10.2. The molecule has 0 aliphatic heterocycles. The molecule has 4 nitrogen and oxygen atoms in total. The molecule has 0 saturated carbocycles. The number of nitrogens with one attached hydrogen (secondary N) is 1. The van der Waals surface area contributed by atoms with Gasteiger partial charge in [-0.25, -0.2) is 0 Å². The Labute approximate surface area is 134 Å². The summed E-state index contributed by atoms with van der Waals surface area (Å²) in [5.41, 5.74) is 2.50. The van der Waals surface area contributed by atoms with Crippen LogP contribution in [0.25, 0.3) is 17.0 Å². The van der Waals surface area contributed by atoms with E-state index in [4.69, 9.17) is 4.74 Å². The zero-order chi connectivity index (χ0) is 16.1. The Kier molecular flexibility index (Phi) is 4.34. The molecule has 0 unspecified atom stereocenters. The number of aromatic nitrogens is 1. The lowest BCUT2D eigenvalue weighted by molar-refractivity contribution is -0.111. The largest absolute Gasteiger partial charge is 0.497 e. The Morgan fingerprint density at radius 1 is 1.13 bits per heavy atom. The predicted molar refractivity (Wildman–Crippen MR) is 92.4 cm³/mol. The standard InChI is InChI=1S/C19H16N2O2/c1-23-17-9-6-14(7-10-17)8-11-19(22)21-16-12-15-4-2-3-5-18(15)20-13-16/h2-13H,1H3,(H,21,22)/b11-8+. The number of anilines is 1. The number of carbonyl (C=O) groups excluding carboxylic acids is 1. The van der Waals surface area contributed by atoms with Crippen LogP contribution in [-0.2, 0) is 4.79 Å². The van der Waals surface area contributed by atoms with Crippen molar-refractivity contribution in [3.8, 4) is 5.75 Å². The van der Waals surface area contributed by atoms with Crippen LogP contribution in [0.4, 0.5) is 5.69 Å². The summed E-state index contributed by atoms with van der Waals surface area (Å²) in [6.07, 6.45) is 4.90. The highest BCUT2D eigenvalue weighted by Gasteiger charge is 2.00. The Balaban J connectivity index is 1.68. The molecule has 4 heteroatoms. The topological polar surface area (TPSA) is 51.2 Å². The average Bonchev–Trinajstić information content (AvgIpc) is 2.60. The number of benzene rings is 2. The Hall–Kier alpha value is -3.14. The van der Waals surface area contributed by atoms with Gasteiger partial charge in [0.25, 0.3) is 0 Å². The van der Waals surface area contributed by atoms with E-state index in [1.165, 1.54) is 6.08 Å². The highest BCUT2D eigenvalue weighted by Crippen LogP contribution is 2.16. The Morgan fingerprint density at radius 3 is 2.70 bits per heavy atom. The van der Waals surface area contributed by atoms with E-state index in [1.807, 2.05) is 54.6 Å². The van der Waals surface area contributed by atoms with Crippen LogP contribution < -0.4 is 10.1 Å². The average molecular weight is 304 g/mol. The number of nitrogens with zero attached hydrogens (tertiary/aromatic N) is 1. The summed E-state index contributed by atoms with van der Waals surface area (Å²) in [6.45, 7) is 0. The monoisotopic (exact) mass is 304 g/mol. The van der Waals surface area contributed by atoms with Gasteiger partial charge in [-0.3, -0.25) is 9.78 Å². The molecule has 2 aromatic carbocycles. The maximum atomic E-state index is 12.0. The van der Waals surface area contributed by atoms with Crippen molar-refractivity contribution < 1.29 is 9.53 Å². The molecule has 0 fully saturated rings. The summed E-state index contributed by atoms with van der Waals surface area (Å²) in [4.78, 5) is 16.3. The second kappa shape index (κ2) is 6.75. The minimum absolute atomic E-state index is 0.196. The van der Waals surface area contributed by atoms with Crippen molar-refractivity contribution in [3.05, 3.63) is 72.4 Å². The van der Waals surface area contributed by atoms with Crippen molar-refractivity contribution in [1.82, 2.24) is 4.98 Å². The van der Waals surface area contributed by atoms with Gasteiger partial charge in [0.1, 0.15) is 5.75 Å². The van der Waals surface area contributed by atoms with E-state index < -0.39 is 0 Å². The smallest absolute Gasteiger partial charge is 0.248 e. The molecule has 0 atom stereocenters. The van der Waals surface area contributed by atoms with Crippen LogP contribution in [0.15, 0.2) is 66.9 Å². The second-order valence-electron chi connectivity index (χ2n) is 5.01. The number of fused-ring (bicyclic) bond motifs is 1. The number of hydrogen-bond donors (Lipinski definition) is 1. The molecular weight excluding hydrogens is 288 g/mol. The zero-order valence-corrected chi connectivity index (χ0v) is 12.7. The minimum Gasteiger partial charge on any atom is -0.497 e. The fourth-order valence-corrected chi connectivity index (χ4v) is 2.21. The predicted octanol–water partition coefficient (Wildman–Crippen LogP) is 3.90.